The van der Waals surface area contributed by atoms with Crippen LogP contribution in [0.4, 0.5) is 14.7 Å². The van der Waals surface area contributed by atoms with E-state index < -0.39 is 38.6 Å². The van der Waals surface area contributed by atoms with E-state index in [0.717, 1.165) is 6.07 Å². The van der Waals surface area contributed by atoms with Crippen molar-refractivity contribution in [1.82, 2.24) is 18.8 Å². The summed E-state index contributed by atoms with van der Waals surface area (Å²) >= 11 is 0. The molecule has 0 unspecified atom stereocenters. The van der Waals surface area contributed by atoms with Gasteiger partial charge in [-0.15, -0.1) is 0 Å². The van der Waals surface area contributed by atoms with Gasteiger partial charge in [-0.1, -0.05) is 0 Å². The quantitative estimate of drug-likeness (QED) is 0.604. The Labute approximate surface area is 191 Å². The standard InChI is InChI=1S/C20H28BF2N5O4S/c1-19(30)7-3-4-15(19)28-16-12(10-14(17(28)29)20(21,22)23)11-24-18(26-16)25-13-5-8-27(9-6-13)33(2,31)32/h10-11,13,15,30H,3-9,21H2,1-2H3,(H,24,25,26)/t15-,19-/m1/s1. The summed E-state index contributed by atoms with van der Waals surface area (Å²) in [5, 5.41) is 14.3. The number of nitrogens with one attached hydrogen (secondary N) is 1. The lowest BCUT2D eigenvalue weighted by atomic mass is 9.90. The van der Waals surface area contributed by atoms with Crippen LogP contribution in [0.1, 0.15) is 50.6 Å². The largest absolute Gasteiger partial charge is 0.388 e. The van der Waals surface area contributed by atoms with Gasteiger partial charge in [0.05, 0.1) is 23.5 Å². The molecule has 1 aliphatic heterocycles. The predicted octanol–water partition coefficient (Wildman–Crippen LogP) is 0.786. The Balaban J connectivity index is 1.73. The second kappa shape index (κ2) is 8.28. The Kier molecular flexibility index (Phi) is 6.03. The summed E-state index contributed by atoms with van der Waals surface area (Å²) in [6.07, 6.45) is 5.27. The van der Waals surface area contributed by atoms with Crippen molar-refractivity contribution in [1.29, 1.82) is 0 Å². The first-order valence-electron chi connectivity index (χ1n) is 11.0. The first kappa shape index (κ1) is 24.0. The minimum Gasteiger partial charge on any atom is -0.388 e. The van der Waals surface area contributed by atoms with Gasteiger partial charge in [0, 0.05) is 30.7 Å². The van der Waals surface area contributed by atoms with E-state index in [0.29, 0.717) is 53.0 Å². The van der Waals surface area contributed by atoms with Crippen molar-refractivity contribution in [3.63, 3.8) is 0 Å². The first-order chi connectivity index (χ1) is 15.3. The van der Waals surface area contributed by atoms with E-state index in [9.17, 15) is 27.1 Å². The number of nitrogens with zero attached hydrogens (tertiary/aromatic N) is 4. The number of hydrogen-bond acceptors (Lipinski definition) is 7. The van der Waals surface area contributed by atoms with Gasteiger partial charge in [-0.3, -0.25) is 9.36 Å². The van der Waals surface area contributed by atoms with Crippen molar-refractivity contribution in [2.45, 2.75) is 62.5 Å². The fourth-order valence-electron chi connectivity index (χ4n) is 4.85. The van der Waals surface area contributed by atoms with Gasteiger partial charge in [0.1, 0.15) is 5.65 Å². The molecule has 0 spiro atoms. The maximum atomic E-state index is 14.2. The number of hydrogen-bond donors (Lipinski definition) is 2. The number of sulfonamides is 1. The maximum Gasteiger partial charge on any atom is 0.260 e. The molecule has 0 bridgehead atoms. The number of aromatic nitrogens is 3. The van der Waals surface area contributed by atoms with Gasteiger partial charge in [0.25, 0.3) is 5.56 Å². The van der Waals surface area contributed by atoms with Crippen LogP contribution in [0, 0.1) is 0 Å². The Morgan fingerprint density at radius 1 is 1.30 bits per heavy atom. The van der Waals surface area contributed by atoms with Crippen molar-refractivity contribution in [2.75, 3.05) is 24.7 Å². The molecule has 13 heteroatoms. The van der Waals surface area contributed by atoms with E-state index in [1.807, 2.05) is 0 Å². The van der Waals surface area contributed by atoms with Crippen LogP contribution in [0.2, 0.25) is 0 Å². The molecule has 2 atom stereocenters. The van der Waals surface area contributed by atoms with Gasteiger partial charge in [0.2, 0.25) is 21.8 Å². The molecule has 33 heavy (non-hydrogen) atoms. The molecule has 2 aromatic rings. The highest BCUT2D eigenvalue weighted by atomic mass is 32.2. The molecule has 180 valence electrons. The minimum atomic E-state index is -3.36. The van der Waals surface area contributed by atoms with Crippen LogP contribution in [0.3, 0.4) is 0 Å². The zero-order valence-corrected chi connectivity index (χ0v) is 19.7. The van der Waals surface area contributed by atoms with Gasteiger partial charge in [-0.05, 0) is 45.1 Å². The Morgan fingerprint density at radius 3 is 2.52 bits per heavy atom. The molecule has 0 radical (unpaired) electrons. The SMILES string of the molecule is BC(F)(F)c1cc2cnc(NC3CCN(S(C)(=O)=O)CC3)nc2n([C@@H]2CCC[C@@]2(C)O)c1=O. The third-order valence-corrected chi connectivity index (χ3v) is 8.00. The van der Waals surface area contributed by atoms with E-state index in [2.05, 4.69) is 15.3 Å². The number of piperidine rings is 1. The number of halogens is 2. The summed E-state index contributed by atoms with van der Waals surface area (Å²) in [5.41, 5.74) is -2.57. The molecule has 1 saturated carbocycles. The molecule has 1 aliphatic carbocycles. The molecular formula is C20H28BF2N5O4S. The van der Waals surface area contributed by atoms with Gasteiger partial charge < -0.3 is 10.4 Å². The molecule has 2 N–H and O–H groups in total. The molecular weight excluding hydrogens is 455 g/mol. The second-order valence-electron chi connectivity index (χ2n) is 9.44. The lowest BCUT2D eigenvalue weighted by molar-refractivity contribution is 0.0256. The monoisotopic (exact) mass is 483 g/mol. The summed E-state index contributed by atoms with van der Waals surface area (Å²) in [4.78, 5) is 21.9. The molecule has 0 aromatic carbocycles. The van der Waals surface area contributed by atoms with E-state index >= 15 is 0 Å². The van der Waals surface area contributed by atoms with Crippen molar-refractivity contribution in [3.8, 4) is 0 Å². The Bertz CT molecular complexity index is 1220. The van der Waals surface area contributed by atoms with E-state index in [1.54, 1.807) is 6.92 Å². The number of rotatable bonds is 5. The number of pyridine rings is 1. The second-order valence-corrected chi connectivity index (χ2v) is 11.4. The van der Waals surface area contributed by atoms with Gasteiger partial charge in [0.15, 0.2) is 7.85 Å². The fraction of sp³-hybridized carbons (Fsp3) is 0.650. The summed E-state index contributed by atoms with van der Waals surface area (Å²) in [7, 11) is -2.57. The van der Waals surface area contributed by atoms with E-state index in [4.69, 9.17) is 0 Å². The maximum absolute atomic E-state index is 14.2. The smallest absolute Gasteiger partial charge is 0.260 e. The first-order valence-corrected chi connectivity index (χ1v) is 12.9. The molecule has 2 aromatic heterocycles. The summed E-state index contributed by atoms with van der Waals surface area (Å²) < 4.78 is 54.5. The molecule has 2 fully saturated rings. The van der Waals surface area contributed by atoms with E-state index in [1.165, 1.54) is 21.3 Å². The molecule has 4 rings (SSSR count). The number of anilines is 1. The van der Waals surface area contributed by atoms with Crippen molar-refractivity contribution < 1.29 is 22.3 Å². The van der Waals surface area contributed by atoms with Gasteiger partial charge >= 0.3 is 0 Å². The fourth-order valence-corrected chi connectivity index (χ4v) is 5.72. The van der Waals surface area contributed by atoms with Crippen LogP contribution in [0.15, 0.2) is 17.1 Å². The molecule has 0 amide bonds. The third-order valence-electron chi connectivity index (χ3n) is 6.69. The number of alkyl halides is 2. The lowest BCUT2D eigenvalue weighted by Gasteiger charge is -2.31. The number of aliphatic hydroxyl groups is 1. The predicted molar refractivity (Wildman–Crippen MR) is 123 cm³/mol. The van der Waals surface area contributed by atoms with Crippen LogP contribution in [-0.4, -0.2) is 71.2 Å². The van der Waals surface area contributed by atoms with Gasteiger partial charge in [-0.2, -0.15) is 4.98 Å². The summed E-state index contributed by atoms with van der Waals surface area (Å²) in [5.74, 6) is -3.13. The average molecular weight is 483 g/mol. The average Bonchev–Trinajstić information content (AvgIpc) is 3.05. The third kappa shape index (κ3) is 4.76. The van der Waals surface area contributed by atoms with Crippen LogP contribution in [0.25, 0.3) is 11.0 Å². The molecule has 3 heterocycles. The zero-order chi connectivity index (χ0) is 24.2. The van der Waals surface area contributed by atoms with Crippen molar-refractivity contribution in [3.05, 3.63) is 28.2 Å². The normalized spacial score (nSPS) is 25.5. The van der Waals surface area contributed by atoms with Crippen LogP contribution in [-0.2, 0) is 15.8 Å². The van der Waals surface area contributed by atoms with E-state index in [-0.39, 0.29) is 23.0 Å². The lowest BCUT2D eigenvalue weighted by Crippen LogP contribution is -2.42. The summed E-state index contributed by atoms with van der Waals surface area (Å²) in [6, 6.07) is 0.358. The summed E-state index contributed by atoms with van der Waals surface area (Å²) in [6.45, 7) is 2.35. The number of fused-ring (bicyclic) bond motifs is 1. The molecule has 2 aliphatic rings. The van der Waals surface area contributed by atoms with Crippen molar-refractivity contribution in [2.24, 2.45) is 0 Å². The highest BCUT2D eigenvalue weighted by Gasteiger charge is 2.41. The highest BCUT2D eigenvalue weighted by Crippen LogP contribution is 2.40. The molecule has 1 saturated heterocycles. The topological polar surface area (TPSA) is 117 Å². The molecule has 9 nitrogen and oxygen atoms in total. The minimum absolute atomic E-state index is 0.0746. The zero-order valence-electron chi connectivity index (χ0n) is 18.9. The van der Waals surface area contributed by atoms with Crippen LogP contribution >= 0.6 is 0 Å². The van der Waals surface area contributed by atoms with Crippen LogP contribution < -0.4 is 10.9 Å². The van der Waals surface area contributed by atoms with Gasteiger partial charge in [-0.25, -0.2) is 26.5 Å². The van der Waals surface area contributed by atoms with Crippen molar-refractivity contribution >= 4 is 34.9 Å². The Morgan fingerprint density at radius 2 is 1.97 bits per heavy atom. The van der Waals surface area contributed by atoms with Crippen LogP contribution in [0.5, 0.6) is 0 Å². The highest BCUT2D eigenvalue weighted by molar-refractivity contribution is 7.88. The Hall–Kier alpha value is -2.12.